The summed E-state index contributed by atoms with van der Waals surface area (Å²) in [6.07, 6.45) is 1.85. The van der Waals surface area contributed by atoms with Crippen LogP contribution in [0, 0.1) is 6.92 Å². The molecule has 178 valence electrons. The first kappa shape index (κ1) is 24.6. The Morgan fingerprint density at radius 2 is 1.76 bits per heavy atom. The topological polar surface area (TPSA) is 49.9 Å². The number of carbonyl (C=O) groups excluding carboxylic acids is 2. The molecule has 1 unspecified atom stereocenters. The molecular weight excluding hydrogens is 512 g/mol. The second-order valence-electron chi connectivity index (χ2n) is 8.58. The van der Waals surface area contributed by atoms with Crippen molar-refractivity contribution >= 4 is 39.1 Å². The first-order valence-electron chi connectivity index (χ1n) is 11.5. The normalized spacial score (nSPS) is 15.3. The number of carbonyl (C=O) groups is 2. The molecule has 3 aromatic rings. The second kappa shape index (κ2) is 11.8. The average Bonchev–Trinajstić information content (AvgIpc) is 3.50. The Hall–Kier alpha value is -2.48. The predicted octanol–water partition coefficient (Wildman–Crippen LogP) is 5.67. The molecule has 1 aliphatic heterocycles. The zero-order valence-corrected chi connectivity index (χ0v) is 21.7. The standard InChI is InChI=1S/C27H29BrN2O3S/c1-20-9-14-25(34-20)18-29(16-21-6-3-2-4-7-21)26(31)19-30(17-24-8-5-15-33-24)27(32)22-10-12-23(28)13-11-22/h2-4,6-7,9-14,24H,5,8,15-19H2,1H3. The van der Waals surface area contributed by atoms with Crippen LogP contribution < -0.4 is 0 Å². The number of ether oxygens (including phenoxy) is 1. The molecule has 0 radical (unpaired) electrons. The minimum Gasteiger partial charge on any atom is -0.376 e. The van der Waals surface area contributed by atoms with Gasteiger partial charge in [0.15, 0.2) is 0 Å². The Morgan fingerprint density at radius 1 is 1.00 bits per heavy atom. The Labute approximate surface area is 213 Å². The highest BCUT2D eigenvalue weighted by Crippen LogP contribution is 2.21. The van der Waals surface area contributed by atoms with Gasteiger partial charge in [0.05, 0.1) is 12.6 Å². The fourth-order valence-electron chi connectivity index (χ4n) is 4.09. The lowest BCUT2D eigenvalue weighted by Gasteiger charge is -2.29. The van der Waals surface area contributed by atoms with Crippen molar-refractivity contribution in [3.8, 4) is 0 Å². The summed E-state index contributed by atoms with van der Waals surface area (Å²) in [5.74, 6) is -0.221. The van der Waals surface area contributed by atoms with E-state index in [1.54, 1.807) is 28.4 Å². The predicted molar refractivity (Wildman–Crippen MR) is 139 cm³/mol. The summed E-state index contributed by atoms with van der Waals surface area (Å²) in [7, 11) is 0. The van der Waals surface area contributed by atoms with Crippen LogP contribution in [0.25, 0.3) is 0 Å². The number of rotatable bonds is 9. The SMILES string of the molecule is Cc1ccc(CN(Cc2ccccc2)C(=O)CN(CC2CCCO2)C(=O)c2ccc(Br)cc2)s1. The zero-order chi connectivity index (χ0) is 23.9. The van der Waals surface area contributed by atoms with E-state index in [0.717, 1.165) is 27.8 Å². The lowest BCUT2D eigenvalue weighted by Crippen LogP contribution is -2.45. The van der Waals surface area contributed by atoms with Gasteiger partial charge < -0.3 is 14.5 Å². The van der Waals surface area contributed by atoms with Crippen LogP contribution in [0.15, 0.2) is 71.2 Å². The zero-order valence-electron chi connectivity index (χ0n) is 19.3. The molecule has 0 N–H and O–H groups in total. The number of aryl methyl sites for hydroxylation is 1. The maximum absolute atomic E-state index is 13.6. The van der Waals surface area contributed by atoms with E-state index < -0.39 is 0 Å². The second-order valence-corrected chi connectivity index (χ2v) is 10.9. The third kappa shape index (κ3) is 6.78. The summed E-state index contributed by atoms with van der Waals surface area (Å²) in [5, 5.41) is 0. The quantitative estimate of drug-likeness (QED) is 0.351. The van der Waals surface area contributed by atoms with Crippen molar-refractivity contribution in [3.05, 3.63) is 92.1 Å². The van der Waals surface area contributed by atoms with Crippen molar-refractivity contribution in [1.29, 1.82) is 0 Å². The van der Waals surface area contributed by atoms with Crippen LogP contribution in [0.3, 0.4) is 0 Å². The van der Waals surface area contributed by atoms with E-state index in [1.165, 1.54) is 4.88 Å². The van der Waals surface area contributed by atoms with Gasteiger partial charge in [-0.25, -0.2) is 0 Å². The third-order valence-electron chi connectivity index (χ3n) is 5.86. The van der Waals surface area contributed by atoms with Gasteiger partial charge in [0.25, 0.3) is 5.91 Å². The first-order chi connectivity index (χ1) is 16.5. The molecule has 4 rings (SSSR count). The fraction of sp³-hybridized carbons (Fsp3) is 0.333. The summed E-state index contributed by atoms with van der Waals surface area (Å²) >= 11 is 5.12. The molecule has 0 bridgehead atoms. The Morgan fingerprint density at radius 3 is 2.41 bits per heavy atom. The summed E-state index contributed by atoms with van der Waals surface area (Å²) in [5.41, 5.74) is 1.63. The number of hydrogen-bond donors (Lipinski definition) is 0. The fourth-order valence-corrected chi connectivity index (χ4v) is 5.26. The first-order valence-corrected chi connectivity index (χ1v) is 13.1. The molecule has 2 heterocycles. The van der Waals surface area contributed by atoms with Gasteiger partial charge in [0.1, 0.15) is 6.54 Å². The van der Waals surface area contributed by atoms with Crippen molar-refractivity contribution in [3.63, 3.8) is 0 Å². The van der Waals surface area contributed by atoms with Crippen LogP contribution in [0.5, 0.6) is 0 Å². The Bertz CT molecular complexity index is 1090. The molecule has 1 aliphatic rings. The molecule has 0 saturated carbocycles. The summed E-state index contributed by atoms with van der Waals surface area (Å²) in [6, 6.07) is 21.4. The molecule has 7 heteroatoms. The number of nitrogens with zero attached hydrogens (tertiary/aromatic N) is 2. The van der Waals surface area contributed by atoms with E-state index in [9.17, 15) is 9.59 Å². The van der Waals surface area contributed by atoms with Crippen molar-refractivity contribution in [2.75, 3.05) is 19.7 Å². The van der Waals surface area contributed by atoms with Gasteiger partial charge in [0, 0.05) is 39.5 Å². The monoisotopic (exact) mass is 540 g/mol. The van der Waals surface area contributed by atoms with Gasteiger partial charge in [0.2, 0.25) is 5.91 Å². The van der Waals surface area contributed by atoms with Crippen molar-refractivity contribution in [1.82, 2.24) is 9.80 Å². The highest BCUT2D eigenvalue weighted by Gasteiger charge is 2.27. The highest BCUT2D eigenvalue weighted by molar-refractivity contribution is 9.10. The van der Waals surface area contributed by atoms with Gasteiger partial charge in [-0.1, -0.05) is 46.3 Å². The van der Waals surface area contributed by atoms with E-state index in [1.807, 2.05) is 47.4 Å². The van der Waals surface area contributed by atoms with Crippen molar-refractivity contribution in [2.45, 2.75) is 39.0 Å². The molecule has 34 heavy (non-hydrogen) atoms. The van der Waals surface area contributed by atoms with Crippen LogP contribution in [-0.2, 0) is 22.6 Å². The molecule has 2 aromatic carbocycles. The van der Waals surface area contributed by atoms with E-state index in [4.69, 9.17) is 4.74 Å². The van der Waals surface area contributed by atoms with Gasteiger partial charge in [-0.3, -0.25) is 9.59 Å². The number of amides is 2. The molecule has 2 amide bonds. The summed E-state index contributed by atoms with van der Waals surface area (Å²) < 4.78 is 6.71. The summed E-state index contributed by atoms with van der Waals surface area (Å²) in [4.78, 5) is 32.9. The summed E-state index contributed by atoms with van der Waals surface area (Å²) in [6.45, 7) is 4.22. The molecule has 1 fully saturated rings. The number of halogens is 1. The van der Waals surface area contributed by atoms with Crippen molar-refractivity contribution < 1.29 is 14.3 Å². The number of hydrogen-bond acceptors (Lipinski definition) is 4. The molecular formula is C27H29BrN2O3S. The van der Waals surface area contributed by atoms with Crippen LogP contribution in [0.2, 0.25) is 0 Å². The Balaban J connectivity index is 1.54. The number of thiophene rings is 1. The third-order valence-corrected chi connectivity index (χ3v) is 7.38. The van der Waals surface area contributed by atoms with Crippen LogP contribution in [0.1, 0.15) is 38.5 Å². The largest absolute Gasteiger partial charge is 0.376 e. The van der Waals surface area contributed by atoms with E-state index >= 15 is 0 Å². The highest BCUT2D eigenvalue weighted by atomic mass is 79.9. The minimum atomic E-state index is -0.150. The average molecular weight is 542 g/mol. The lowest BCUT2D eigenvalue weighted by atomic mass is 10.1. The van der Waals surface area contributed by atoms with Crippen LogP contribution in [0.4, 0.5) is 0 Å². The molecule has 5 nitrogen and oxygen atoms in total. The smallest absolute Gasteiger partial charge is 0.254 e. The van der Waals surface area contributed by atoms with E-state index in [-0.39, 0.29) is 24.5 Å². The van der Waals surface area contributed by atoms with Crippen LogP contribution >= 0.6 is 27.3 Å². The van der Waals surface area contributed by atoms with Gasteiger partial charge in [-0.15, -0.1) is 11.3 Å². The van der Waals surface area contributed by atoms with Gasteiger partial charge >= 0.3 is 0 Å². The lowest BCUT2D eigenvalue weighted by molar-refractivity contribution is -0.133. The van der Waals surface area contributed by atoms with Gasteiger partial charge in [-0.2, -0.15) is 0 Å². The van der Waals surface area contributed by atoms with E-state index in [2.05, 4.69) is 35.0 Å². The Kier molecular flexibility index (Phi) is 8.53. The maximum atomic E-state index is 13.6. The minimum absolute atomic E-state index is 0.0198. The molecule has 1 atom stereocenters. The van der Waals surface area contributed by atoms with Gasteiger partial charge in [-0.05, 0) is 61.7 Å². The molecule has 0 aliphatic carbocycles. The van der Waals surface area contributed by atoms with E-state index in [0.29, 0.717) is 31.8 Å². The van der Waals surface area contributed by atoms with Crippen LogP contribution in [-0.4, -0.2) is 47.4 Å². The molecule has 0 spiro atoms. The molecule has 1 aromatic heterocycles. The number of benzene rings is 2. The maximum Gasteiger partial charge on any atom is 0.254 e. The van der Waals surface area contributed by atoms with Crippen molar-refractivity contribution in [2.24, 2.45) is 0 Å². The molecule has 1 saturated heterocycles.